The van der Waals surface area contributed by atoms with Gasteiger partial charge in [0.25, 0.3) is 5.91 Å². The van der Waals surface area contributed by atoms with Crippen LogP contribution in [-0.4, -0.2) is 43.9 Å². The fraction of sp³-hybridized carbons (Fsp3) is 0.240. The van der Waals surface area contributed by atoms with E-state index in [0.717, 1.165) is 11.4 Å². The Kier molecular flexibility index (Phi) is 7.23. The number of ether oxygens (including phenoxy) is 1. The first-order valence-corrected chi connectivity index (χ1v) is 12.7. The van der Waals surface area contributed by atoms with E-state index in [2.05, 4.69) is 5.43 Å². The number of benzene rings is 3. The maximum absolute atomic E-state index is 13.4. The minimum absolute atomic E-state index is 0.0614. The zero-order valence-corrected chi connectivity index (χ0v) is 20.5. The molecule has 2 unspecified atom stereocenters. The van der Waals surface area contributed by atoms with Crippen LogP contribution in [0.4, 0.5) is 11.4 Å². The van der Waals surface area contributed by atoms with Gasteiger partial charge in [-0.25, -0.2) is 8.42 Å². The van der Waals surface area contributed by atoms with Crippen molar-refractivity contribution in [3.8, 4) is 0 Å². The Bertz CT molecular complexity index is 1210. The van der Waals surface area contributed by atoms with E-state index in [1.165, 1.54) is 22.5 Å². The Labute approximate surface area is 204 Å². The van der Waals surface area contributed by atoms with Crippen molar-refractivity contribution in [1.82, 2.24) is 9.73 Å². The van der Waals surface area contributed by atoms with Gasteiger partial charge in [0.05, 0.1) is 28.6 Å². The summed E-state index contributed by atoms with van der Waals surface area (Å²) in [5, 5.41) is 1.71. The molecule has 3 aromatic carbocycles. The smallest absolute Gasteiger partial charge is 0.270 e. The molecule has 2 atom stereocenters. The molecular weight excluding hydrogens is 474 g/mol. The molecule has 1 amide bonds. The van der Waals surface area contributed by atoms with E-state index < -0.39 is 15.9 Å². The van der Waals surface area contributed by atoms with Crippen LogP contribution in [-0.2, 0) is 14.8 Å². The highest BCUT2D eigenvalue weighted by atomic mass is 35.5. The van der Waals surface area contributed by atoms with Gasteiger partial charge in [-0.15, -0.1) is 0 Å². The van der Waals surface area contributed by atoms with Crippen LogP contribution < -0.4 is 10.4 Å². The molecule has 178 valence electrons. The van der Waals surface area contributed by atoms with Crippen molar-refractivity contribution in [3.63, 3.8) is 0 Å². The number of carbonyl (C=O) groups is 1. The molecule has 0 radical (unpaired) electrons. The van der Waals surface area contributed by atoms with Gasteiger partial charge < -0.3 is 4.74 Å². The number of para-hydroxylation sites is 2. The van der Waals surface area contributed by atoms with E-state index in [1.807, 2.05) is 74.5 Å². The summed E-state index contributed by atoms with van der Waals surface area (Å²) < 4.78 is 33.8. The van der Waals surface area contributed by atoms with Crippen molar-refractivity contribution >= 4 is 38.9 Å². The number of carbonyl (C=O) groups excluding carboxylic acids is 1. The fourth-order valence-electron chi connectivity index (χ4n) is 3.91. The van der Waals surface area contributed by atoms with Crippen molar-refractivity contribution in [2.75, 3.05) is 18.1 Å². The molecular formula is C25H26ClN3O4S. The summed E-state index contributed by atoms with van der Waals surface area (Å²) >= 11 is 6.30. The normalized spacial score (nSPS) is 18.9. The number of nitrogens with zero attached hydrogens (tertiary/aromatic N) is 2. The SMILES string of the molecule is CC1CN(S(=O)(=O)c2cc(C(=O)NN(c3ccccc3)c3ccccc3)ccc2Cl)CC(C)O1. The van der Waals surface area contributed by atoms with Crippen LogP contribution in [0.15, 0.2) is 83.8 Å². The highest BCUT2D eigenvalue weighted by Crippen LogP contribution is 2.29. The van der Waals surface area contributed by atoms with Crippen LogP contribution in [0.1, 0.15) is 24.2 Å². The number of hydrogen-bond donors (Lipinski definition) is 1. The monoisotopic (exact) mass is 499 g/mol. The van der Waals surface area contributed by atoms with Gasteiger partial charge in [-0.2, -0.15) is 4.31 Å². The maximum Gasteiger partial charge on any atom is 0.270 e. The maximum atomic E-state index is 13.4. The van der Waals surface area contributed by atoms with E-state index >= 15 is 0 Å². The van der Waals surface area contributed by atoms with Gasteiger partial charge in [0.15, 0.2) is 0 Å². The van der Waals surface area contributed by atoms with Gasteiger partial charge in [-0.1, -0.05) is 48.0 Å². The molecule has 1 N–H and O–H groups in total. The molecule has 7 nitrogen and oxygen atoms in total. The zero-order chi connectivity index (χ0) is 24.3. The zero-order valence-electron chi connectivity index (χ0n) is 18.9. The van der Waals surface area contributed by atoms with Gasteiger partial charge in [0, 0.05) is 18.7 Å². The van der Waals surface area contributed by atoms with Gasteiger partial charge in [-0.3, -0.25) is 15.2 Å². The first-order valence-electron chi connectivity index (χ1n) is 10.9. The molecule has 0 aromatic heterocycles. The van der Waals surface area contributed by atoms with E-state index in [4.69, 9.17) is 16.3 Å². The third-order valence-corrected chi connectivity index (χ3v) is 7.75. The topological polar surface area (TPSA) is 79.0 Å². The third kappa shape index (κ3) is 5.26. The lowest BCUT2D eigenvalue weighted by atomic mass is 10.2. The van der Waals surface area contributed by atoms with Crippen molar-refractivity contribution < 1.29 is 17.9 Å². The van der Waals surface area contributed by atoms with Crippen molar-refractivity contribution in [1.29, 1.82) is 0 Å². The quantitative estimate of drug-likeness (QED) is 0.500. The van der Waals surface area contributed by atoms with Crippen LogP contribution in [0.25, 0.3) is 0 Å². The minimum Gasteiger partial charge on any atom is -0.373 e. The first-order chi connectivity index (χ1) is 16.3. The molecule has 1 aliphatic rings. The van der Waals surface area contributed by atoms with Gasteiger partial charge in [-0.05, 0) is 56.3 Å². The summed E-state index contributed by atoms with van der Waals surface area (Å²) in [7, 11) is -3.92. The summed E-state index contributed by atoms with van der Waals surface area (Å²) in [4.78, 5) is 13.1. The average Bonchev–Trinajstić information content (AvgIpc) is 2.83. The Balaban J connectivity index is 1.65. The lowest BCUT2D eigenvalue weighted by Crippen LogP contribution is -2.48. The number of hydrazine groups is 1. The lowest BCUT2D eigenvalue weighted by Gasteiger charge is -2.34. The highest BCUT2D eigenvalue weighted by Gasteiger charge is 2.34. The molecule has 0 spiro atoms. The summed E-state index contributed by atoms with van der Waals surface area (Å²) in [6.07, 6.45) is -0.483. The Morgan fingerprint density at radius 2 is 1.47 bits per heavy atom. The van der Waals surface area contributed by atoms with E-state index in [0.29, 0.717) is 0 Å². The first kappa shape index (κ1) is 24.2. The standard InChI is InChI=1S/C25H26ClN3O4S/c1-18-16-28(17-19(2)33-18)34(31,32)24-15-20(13-14-23(24)26)25(30)27-29(21-9-5-3-6-10-21)22-11-7-4-8-12-22/h3-15,18-19H,16-17H2,1-2H3,(H,27,30). The fourth-order valence-corrected chi connectivity index (χ4v) is 6.00. The second-order valence-electron chi connectivity index (χ2n) is 8.17. The number of sulfonamides is 1. The van der Waals surface area contributed by atoms with E-state index in [9.17, 15) is 13.2 Å². The molecule has 4 rings (SSSR count). The molecule has 9 heteroatoms. The Hall–Kier alpha value is -2.91. The van der Waals surface area contributed by atoms with Crippen LogP contribution >= 0.6 is 11.6 Å². The predicted molar refractivity (Wildman–Crippen MR) is 133 cm³/mol. The number of hydrogen-bond acceptors (Lipinski definition) is 5. The Morgan fingerprint density at radius 1 is 0.941 bits per heavy atom. The molecule has 3 aromatic rings. The third-order valence-electron chi connectivity index (χ3n) is 5.44. The second kappa shape index (κ2) is 10.1. The van der Waals surface area contributed by atoms with Crippen molar-refractivity contribution in [3.05, 3.63) is 89.4 Å². The number of anilines is 2. The minimum atomic E-state index is -3.92. The molecule has 1 aliphatic heterocycles. The van der Waals surface area contributed by atoms with Gasteiger partial charge in [0.2, 0.25) is 10.0 Å². The number of rotatable bonds is 6. The van der Waals surface area contributed by atoms with Gasteiger partial charge >= 0.3 is 0 Å². The molecule has 0 bridgehead atoms. The van der Waals surface area contributed by atoms with Gasteiger partial charge in [0.1, 0.15) is 4.90 Å². The number of nitrogens with one attached hydrogen (secondary N) is 1. The van der Waals surface area contributed by atoms with Crippen LogP contribution in [0.5, 0.6) is 0 Å². The van der Waals surface area contributed by atoms with E-state index in [1.54, 1.807) is 5.01 Å². The summed E-state index contributed by atoms with van der Waals surface area (Å²) in [5.41, 5.74) is 4.56. The molecule has 1 heterocycles. The largest absolute Gasteiger partial charge is 0.373 e. The lowest BCUT2D eigenvalue weighted by molar-refractivity contribution is -0.0440. The number of amides is 1. The molecule has 1 fully saturated rings. The van der Waals surface area contributed by atoms with Crippen molar-refractivity contribution in [2.24, 2.45) is 0 Å². The van der Waals surface area contributed by atoms with Crippen LogP contribution in [0, 0.1) is 0 Å². The molecule has 34 heavy (non-hydrogen) atoms. The van der Waals surface area contributed by atoms with Crippen LogP contribution in [0.3, 0.4) is 0 Å². The highest BCUT2D eigenvalue weighted by molar-refractivity contribution is 7.89. The predicted octanol–water partition coefficient (Wildman–Crippen LogP) is 4.62. The summed E-state index contributed by atoms with van der Waals surface area (Å²) in [5.74, 6) is -0.468. The van der Waals surface area contributed by atoms with E-state index in [-0.39, 0.29) is 40.8 Å². The molecule has 0 aliphatic carbocycles. The molecule has 0 saturated carbocycles. The average molecular weight is 500 g/mol. The van der Waals surface area contributed by atoms with Crippen LogP contribution in [0.2, 0.25) is 5.02 Å². The number of morpholine rings is 1. The molecule has 1 saturated heterocycles. The summed E-state index contributed by atoms with van der Waals surface area (Å²) in [6, 6.07) is 23.0. The summed E-state index contributed by atoms with van der Waals surface area (Å²) in [6.45, 7) is 4.08. The van der Waals surface area contributed by atoms with Crippen molar-refractivity contribution in [2.45, 2.75) is 31.0 Å². The second-order valence-corrected chi connectivity index (χ2v) is 10.5. The number of halogens is 1. The Morgan fingerprint density at radius 3 is 2.00 bits per heavy atom.